The third kappa shape index (κ3) is 4.61. The highest BCUT2D eigenvalue weighted by atomic mass is 32.2. The highest BCUT2D eigenvalue weighted by Crippen LogP contribution is 2.19. The number of rotatable bonds is 4. The van der Waals surface area contributed by atoms with Gasteiger partial charge in [0.1, 0.15) is 20.7 Å². The fourth-order valence-electron chi connectivity index (χ4n) is 0.945. The summed E-state index contributed by atoms with van der Waals surface area (Å²) in [5.41, 5.74) is 0.985. The van der Waals surface area contributed by atoms with Crippen molar-refractivity contribution < 1.29 is 8.42 Å². The van der Waals surface area contributed by atoms with E-state index in [1.807, 2.05) is 13.8 Å². The lowest BCUT2D eigenvalue weighted by Crippen LogP contribution is -2.05. The van der Waals surface area contributed by atoms with E-state index in [1.165, 1.54) is 18.0 Å². The van der Waals surface area contributed by atoms with Crippen LogP contribution in [0.4, 0.5) is 0 Å². The molecule has 0 N–H and O–H groups in total. The van der Waals surface area contributed by atoms with E-state index in [0.717, 1.165) is 10.6 Å². The minimum absolute atomic E-state index is 0.181. The maximum Gasteiger partial charge on any atom is 0.148 e. The van der Waals surface area contributed by atoms with Crippen molar-refractivity contribution in [1.82, 2.24) is 9.97 Å². The van der Waals surface area contributed by atoms with Gasteiger partial charge >= 0.3 is 0 Å². The van der Waals surface area contributed by atoms with Crippen molar-refractivity contribution >= 4 is 21.6 Å². The average molecular weight is 246 g/mol. The number of sulfone groups is 1. The summed E-state index contributed by atoms with van der Waals surface area (Å²) in [5, 5.41) is 0.867. The predicted molar refractivity (Wildman–Crippen MR) is 61.9 cm³/mol. The molecule has 0 bridgehead atoms. The Bertz CT molecular complexity index is 443. The lowest BCUT2D eigenvalue weighted by atomic mass is 10.4. The number of aryl methyl sites for hydroxylation is 2. The first-order valence-electron chi connectivity index (χ1n) is 4.49. The van der Waals surface area contributed by atoms with Gasteiger partial charge in [0.05, 0.1) is 5.75 Å². The van der Waals surface area contributed by atoms with Gasteiger partial charge in [-0.15, -0.1) is 11.8 Å². The SMILES string of the molecule is Cc1ncc(C)c(SCCS(C)(=O)=O)n1. The smallest absolute Gasteiger partial charge is 0.148 e. The molecule has 0 atom stereocenters. The molecule has 0 saturated carbocycles. The Morgan fingerprint density at radius 2 is 2.07 bits per heavy atom. The van der Waals surface area contributed by atoms with Crippen molar-refractivity contribution in [1.29, 1.82) is 0 Å². The molecular formula is C9H14N2O2S2. The normalized spacial score (nSPS) is 11.7. The molecule has 15 heavy (non-hydrogen) atoms. The van der Waals surface area contributed by atoms with Gasteiger partial charge in [-0.05, 0) is 19.4 Å². The predicted octanol–water partition coefficient (Wildman–Crippen LogP) is 1.23. The maximum atomic E-state index is 10.9. The molecule has 4 nitrogen and oxygen atoms in total. The Morgan fingerprint density at radius 1 is 1.40 bits per heavy atom. The third-order valence-corrected chi connectivity index (χ3v) is 4.04. The molecule has 0 amide bonds. The Kier molecular flexibility index (Phi) is 4.10. The molecule has 0 saturated heterocycles. The molecule has 0 radical (unpaired) electrons. The molecule has 0 aromatic carbocycles. The summed E-state index contributed by atoms with van der Waals surface area (Å²) in [7, 11) is -2.88. The summed E-state index contributed by atoms with van der Waals surface area (Å²) in [6, 6.07) is 0. The van der Waals surface area contributed by atoms with E-state index in [4.69, 9.17) is 0 Å². The van der Waals surface area contributed by atoms with Crippen LogP contribution >= 0.6 is 11.8 Å². The first kappa shape index (κ1) is 12.4. The van der Waals surface area contributed by atoms with Crippen LogP contribution in [0.15, 0.2) is 11.2 Å². The molecule has 84 valence electrons. The summed E-state index contributed by atoms with van der Waals surface area (Å²) < 4.78 is 21.9. The van der Waals surface area contributed by atoms with Gasteiger partial charge in [-0.2, -0.15) is 0 Å². The van der Waals surface area contributed by atoms with E-state index in [0.29, 0.717) is 11.6 Å². The zero-order valence-corrected chi connectivity index (χ0v) is 10.7. The Morgan fingerprint density at radius 3 is 2.67 bits per heavy atom. The number of thioether (sulfide) groups is 1. The molecule has 6 heteroatoms. The van der Waals surface area contributed by atoms with Crippen LogP contribution in [0, 0.1) is 13.8 Å². The van der Waals surface area contributed by atoms with E-state index in [1.54, 1.807) is 6.20 Å². The second kappa shape index (κ2) is 4.94. The molecule has 0 spiro atoms. The largest absolute Gasteiger partial charge is 0.241 e. The van der Waals surface area contributed by atoms with Gasteiger partial charge in [-0.1, -0.05) is 0 Å². The monoisotopic (exact) mass is 246 g/mol. The number of nitrogens with zero attached hydrogens (tertiary/aromatic N) is 2. The van der Waals surface area contributed by atoms with Gasteiger partial charge in [0.25, 0.3) is 0 Å². The van der Waals surface area contributed by atoms with Crippen LogP contribution in [0.5, 0.6) is 0 Å². The molecule has 1 rings (SSSR count). The van der Waals surface area contributed by atoms with Crippen molar-refractivity contribution in [2.24, 2.45) is 0 Å². The van der Waals surface area contributed by atoms with Gasteiger partial charge in [0.2, 0.25) is 0 Å². The van der Waals surface area contributed by atoms with Gasteiger partial charge in [-0.25, -0.2) is 18.4 Å². The fraction of sp³-hybridized carbons (Fsp3) is 0.556. The van der Waals surface area contributed by atoms with Crippen molar-refractivity contribution in [3.05, 3.63) is 17.6 Å². The Balaban J connectivity index is 2.61. The molecule has 1 heterocycles. The first-order chi connectivity index (χ1) is 6.88. The molecular weight excluding hydrogens is 232 g/mol. The zero-order valence-electron chi connectivity index (χ0n) is 9.02. The van der Waals surface area contributed by atoms with Crippen LogP contribution in [0.25, 0.3) is 0 Å². The van der Waals surface area contributed by atoms with Crippen LogP contribution < -0.4 is 0 Å². The van der Waals surface area contributed by atoms with Gasteiger partial charge in [0.15, 0.2) is 0 Å². The highest BCUT2D eigenvalue weighted by Gasteiger charge is 2.05. The molecule has 0 aliphatic heterocycles. The first-order valence-corrected chi connectivity index (χ1v) is 7.54. The Hall–Kier alpha value is -0.620. The Labute approximate surface area is 94.4 Å². The molecule has 0 unspecified atom stereocenters. The second-order valence-electron chi connectivity index (χ2n) is 3.38. The lowest BCUT2D eigenvalue weighted by molar-refractivity contribution is 0.603. The maximum absolute atomic E-state index is 10.9. The van der Waals surface area contributed by atoms with E-state index < -0.39 is 9.84 Å². The summed E-state index contributed by atoms with van der Waals surface area (Å²) in [5.74, 6) is 1.43. The van der Waals surface area contributed by atoms with E-state index in [-0.39, 0.29) is 5.75 Å². The van der Waals surface area contributed by atoms with Crippen LogP contribution in [-0.4, -0.2) is 36.1 Å². The third-order valence-electron chi connectivity index (χ3n) is 1.74. The van der Waals surface area contributed by atoms with Gasteiger partial charge in [0, 0.05) is 18.2 Å². The molecule has 1 aromatic heterocycles. The number of hydrogen-bond acceptors (Lipinski definition) is 5. The van der Waals surface area contributed by atoms with Crippen LogP contribution in [0.2, 0.25) is 0 Å². The van der Waals surface area contributed by atoms with Crippen molar-refractivity contribution in [2.45, 2.75) is 18.9 Å². The minimum atomic E-state index is -2.88. The van der Waals surface area contributed by atoms with E-state index in [2.05, 4.69) is 9.97 Å². The summed E-state index contributed by atoms with van der Waals surface area (Å²) in [4.78, 5) is 8.30. The van der Waals surface area contributed by atoms with Crippen molar-refractivity contribution in [3.8, 4) is 0 Å². The molecule has 0 aliphatic rings. The van der Waals surface area contributed by atoms with Gasteiger partial charge < -0.3 is 0 Å². The van der Waals surface area contributed by atoms with Crippen molar-refractivity contribution in [2.75, 3.05) is 17.8 Å². The van der Waals surface area contributed by atoms with Crippen LogP contribution in [-0.2, 0) is 9.84 Å². The second-order valence-corrected chi connectivity index (χ2v) is 6.73. The number of aromatic nitrogens is 2. The standard InChI is InChI=1S/C9H14N2O2S2/c1-7-6-10-8(2)11-9(7)14-4-5-15(3,12)13/h6H,4-5H2,1-3H3. The van der Waals surface area contributed by atoms with Crippen LogP contribution in [0.1, 0.15) is 11.4 Å². The molecule has 1 aromatic rings. The fourth-order valence-corrected chi connectivity index (χ4v) is 3.16. The number of hydrogen-bond donors (Lipinski definition) is 0. The molecule has 0 fully saturated rings. The van der Waals surface area contributed by atoms with Gasteiger partial charge in [-0.3, -0.25) is 0 Å². The van der Waals surface area contributed by atoms with Crippen molar-refractivity contribution in [3.63, 3.8) is 0 Å². The topological polar surface area (TPSA) is 59.9 Å². The quantitative estimate of drug-likeness (QED) is 0.590. The molecule has 0 aliphatic carbocycles. The summed E-state index contributed by atoms with van der Waals surface area (Å²) in [6.07, 6.45) is 3.00. The highest BCUT2D eigenvalue weighted by molar-refractivity contribution is 8.00. The van der Waals surface area contributed by atoms with E-state index in [9.17, 15) is 8.42 Å². The zero-order chi connectivity index (χ0) is 11.5. The van der Waals surface area contributed by atoms with Crippen LogP contribution in [0.3, 0.4) is 0 Å². The van der Waals surface area contributed by atoms with E-state index >= 15 is 0 Å². The minimum Gasteiger partial charge on any atom is -0.241 e. The summed E-state index contributed by atoms with van der Waals surface area (Å²) in [6.45, 7) is 3.74. The average Bonchev–Trinajstić information content (AvgIpc) is 2.09. The lowest BCUT2D eigenvalue weighted by Gasteiger charge is -2.04. The summed E-state index contributed by atoms with van der Waals surface area (Å²) >= 11 is 1.46.